The summed E-state index contributed by atoms with van der Waals surface area (Å²) in [6.07, 6.45) is -1.65. The number of rotatable bonds is 19. The number of nitrogen functional groups attached to an aromatic ring is 1. The minimum absolute atomic E-state index is 0.0158. The van der Waals surface area contributed by atoms with Crippen LogP contribution in [-0.4, -0.2) is 95.6 Å². The van der Waals surface area contributed by atoms with Crippen molar-refractivity contribution in [2.75, 3.05) is 24.7 Å². The van der Waals surface area contributed by atoms with Crippen LogP contribution in [0, 0.1) is 11.8 Å². The lowest BCUT2D eigenvalue weighted by Gasteiger charge is -2.29. The third-order valence-corrected chi connectivity index (χ3v) is 8.70. The third-order valence-electron chi connectivity index (χ3n) is 8.70. The van der Waals surface area contributed by atoms with Crippen LogP contribution in [0.5, 0.6) is 0 Å². The van der Waals surface area contributed by atoms with E-state index in [1.54, 1.807) is 44.2 Å². The molecule has 5 amide bonds. The Morgan fingerprint density at radius 1 is 0.754 bits per heavy atom. The second kappa shape index (κ2) is 21.1. The van der Waals surface area contributed by atoms with Gasteiger partial charge in [-0.1, -0.05) is 64.1 Å². The van der Waals surface area contributed by atoms with Gasteiger partial charge in [0.2, 0.25) is 17.7 Å². The molecule has 5 atom stereocenters. The Labute approximate surface area is 330 Å². The molecule has 0 aliphatic carbocycles. The van der Waals surface area contributed by atoms with E-state index in [0.717, 1.165) is 0 Å². The number of carbonyl (C=O) groups is 7. The minimum Gasteiger partial charge on any atom is -0.478 e. The number of carboxylic acid groups (broad SMARTS) is 1. The van der Waals surface area contributed by atoms with Crippen molar-refractivity contribution in [1.29, 1.82) is 0 Å². The number of aliphatic hydroxyl groups is 1. The molecule has 17 nitrogen and oxygen atoms in total. The largest absolute Gasteiger partial charge is 0.478 e. The standard InChI is InChI=1S/C40H51N7O10/c1-21(2)14-31(36(51)45-30(15-23-10-7-6-8-11-23)33(48)38(53)44-28-13-9-12-24(19-28)39(54)55)46-37(52)32(22(3)4)47-35(50)29(42)20-43-34(49)25-16-26(40(56)57-5)18-27(41)17-25/h6-13,16-19,21-22,29-33,48H,14-15,20,41-42H2,1-5H3,(H,43,49)(H,44,53)(H,45,51)(H,46,52)(H,47,50)(H,54,55)/t29-,30-,31-,32-,33+/m0/s1. The van der Waals surface area contributed by atoms with Gasteiger partial charge in [-0.2, -0.15) is 0 Å². The van der Waals surface area contributed by atoms with Crippen LogP contribution in [-0.2, 0) is 30.3 Å². The highest BCUT2D eigenvalue weighted by Gasteiger charge is 2.34. The molecule has 306 valence electrons. The molecule has 0 aliphatic rings. The number of nitrogens with one attached hydrogen (secondary N) is 5. The summed E-state index contributed by atoms with van der Waals surface area (Å²) in [5.74, 6) is -6.28. The molecular weight excluding hydrogens is 738 g/mol. The van der Waals surface area contributed by atoms with E-state index in [-0.39, 0.29) is 53.4 Å². The number of carbonyl (C=O) groups excluding carboxylic acids is 6. The van der Waals surface area contributed by atoms with Gasteiger partial charge in [0.05, 0.1) is 24.3 Å². The van der Waals surface area contributed by atoms with E-state index in [4.69, 9.17) is 11.5 Å². The molecule has 0 unspecified atom stereocenters. The first-order valence-corrected chi connectivity index (χ1v) is 18.2. The van der Waals surface area contributed by atoms with Gasteiger partial charge in [0, 0.05) is 23.5 Å². The summed E-state index contributed by atoms with van der Waals surface area (Å²) in [7, 11) is 1.18. The number of ether oxygens (including phenoxy) is 1. The molecule has 0 heterocycles. The fraction of sp³-hybridized carbons (Fsp3) is 0.375. The zero-order valence-corrected chi connectivity index (χ0v) is 32.4. The Bertz CT molecular complexity index is 1920. The molecule has 17 heteroatoms. The van der Waals surface area contributed by atoms with Crippen molar-refractivity contribution in [3.8, 4) is 0 Å². The van der Waals surface area contributed by atoms with Crippen molar-refractivity contribution in [2.45, 2.75) is 70.8 Å². The van der Waals surface area contributed by atoms with Crippen molar-refractivity contribution in [3.05, 3.63) is 95.1 Å². The first-order valence-electron chi connectivity index (χ1n) is 18.2. The maximum absolute atomic E-state index is 13.9. The van der Waals surface area contributed by atoms with Crippen LogP contribution in [0.1, 0.15) is 70.8 Å². The lowest BCUT2D eigenvalue weighted by atomic mass is 9.97. The SMILES string of the molecule is COC(=O)c1cc(N)cc(C(=O)NC[C@H](N)C(=O)N[C@H](C(=O)N[C@@H](CC(C)C)C(=O)N[C@@H](Cc2ccccc2)[C@@H](O)C(=O)Nc2cccc(C(=O)O)c2)C(C)C)c1. The van der Waals surface area contributed by atoms with Crippen LogP contribution in [0.2, 0.25) is 0 Å². The maximum Gasteiger partial charge on any atom is 0.337 e. The van der Waals surface area contributed by atoms with Gasteiger partial charge >= 0.3 is 11.9 Å². The van der Waals surface area contributed by atoms with Crippen LogP contribution >= 0.6 is 0 Å². The molecule has 0 saturated carbocycles. The second-order valence-electron chi connectivity index (χ2n) is 14.2. The second-order valence-corrected chi connectivity index (χ2v) is 14.2. The molecule has 0 radical (unpaired) electrons. The van der Waals surface area contributed by atoms with E-state index in [0.29, 0.717) is 5.56 Å². The van der Waals surface area contributed by atoms with Crippen molar-refractivity contribution < 1.29 is 48.5 Å². The monoisotopic (exact) mass is 789 g/mol. The molecule has 0 aliphatic heterocycles. The zero-order chi connectivity index (χ0) is 42.4. The molecule has 11 N–H and O–H groups in total. The Balaban J connectivity index is 1.73. The normalized spacial score (nSPS) is 13.6. The quantitative estimate of drug-likeness (QED) is 0.0612. The molecule has 3 rings (SSSR count). The molecule has 0 spiro atoms. The lowest BCUT2D eigenvalue weighted by molar-refractivity contribution is -0.134. The van der Waals surface area contributed by atoms with Crippen LogP contribution in [0.25, 0.3) is 0 Å². The van der Waals surface area contributed by atoms with Crippen LogP contribution < -0.4 is 38.1 Å². The summed E-state index contributed by atoms with van der Waals surface area (Å²) in [5, 5.41) is 33.6. The Kier molecular flexibility index (Phi) is 16.7. The van der Waals surface area contributed by atoms with Crippen molar-refractivity contribution >= 4 is 52.8 Å². The van der Waals surface area contributed by atoms with Gasteiger partial charge in [-0.3, -0.25) is 24.0 Å². The Morgan fingerprint density at radius 3 is 2.04 bits per heavy atom. The van der Waals surface area contributed by atoms with Gasteiger partial charge in [-0.05, 0) is 66.6 Å². The van der Waals surface area contributed by atoms with E-state index in [9.17, 15) is 43.8 Å². The predicted molar refractivity (Wildman–Crippen MR) is 211 cm³/mol. The highest BCUT2D eigenvalue weighted by molar-refractivity contribution is 6.00. The van der Waals surface area contributed by atoms with E-state index in [2.05, 4.69) is 31.3 Å². The molecule has 3 aromatic rings. The van der Waals surface area contributed by atoms with Gasteiger partial charge in [-0.15, -0.1) is 0 Å². The van der Waals surface area contributed by atoms with Gasteiger partial charge < -0.3 is 53.0 Å². The van der Waals surface area contributed by atoms with E-state index >= 15 is 0 Å². The number of hydrogen-bond donors (Lipinski definition) is 9. The van der Waals surface area contributed by atoms with Crippen LogP contribution in [0.4, 0.5) is 11.4 Å². The smallest absolute Gasteiger partial charge is 0.337 e. The molecule has 0 saturated heterocycles. The highest BCUT2D eigenvalue weighted by Crippen LogP contribution is 2.16. The Hall–Kier alpha value is -6.33. The number of hydrogen-bond acceptors (Lipinski definition) is 11. The number of benzene rings is 3. The Morgan fingerprint density at radius 2 is 1.42 bits per heavy atom. The molecule has 0 fully saturated rings. The van der Waals surface area contributed by atoms with E-state index < -0.39 is 77.7 Å². The topological polar surface area (TPSA) is 281 Å². The summed E-state index contributed by atoms with van der Waals surface area (Å²) in [6.45, 7) is 6.66. The van der Waals surface area contributed by atoms with Gasteiger partial charge in [-0.25, -0.2) is 9.59 Å². The van der Waals surface area contributed by atoms with Gasteiger partial charge in [0.1, 0.15) is 18.1 Å². The number of methoxy groups -OCH3 is 1. The fourth-order valence-corrected chi connectivity index (χ4v) is 5.70. The predicted octanol–water partition coefficient (Wildman–Crippen LogP) is 1.21. The number of amides is 5. The van der Waals surface area contributed by atoms with Crippen LogP contribution in [0.15, 0.2) is 72.8 Å². The van der Waals surface area contributed by atoms with Gasteiger partial charge in [0.15, 0.2) is 6.10 Å². The average molecular weight is 790 g/mol. The first-order chi connectivity index (χ1) is 26.9. The van der Waals surface area contributed by atoms with E-state index in [1.165, 1.54) is 49.6 Å². The zero-order valence-electron chi connectivity index (χ0n) is 32.4. The van der Waals surface area contributed by atoms with Crippen molar-refractivity contribution in [3.63, 3.8) is 0 Å². The maximum atomic E-state index is 13.9. The van der Waals surface area contributed by atoms with Gasteiger partial charge in [0.25, 0.3) is 11.8 Å². The average Bonchev–Trinajstić information content (AvgIpc) is 3.17. The molecule has 0 aromatic heterocycles. The minimum atomic E-state index is -1.81. The number of aromatic carboxylic acids is 1. The first kappa shape index (κ1) is 45.1. The number of anilines is 2. The number of nitrogens with two attached hydrogens (primary N) is 2. The van der Waals surface area contributed by atoms with E-state index in [1.807, 2.05) is 13.8 Å². The van der Waals surface area contributed by atoms with Crippen molar-refractivity contribution in [1.82, 2.24) is 21.3 Å². The number of carboxylic acids is 1. The summed E-state index contributed by atoms with van der Waals surface area (Å²) in [6, 6.07) is 13.3. The fourth-order valence-electron chi connectivity index (χ4n) is 5.70. The summed E-state index contributed by atoms with van der Waals surface area (Å²) < 4.78 is 4.68. The molecule has 3 aromatic carbocycles. The third kappa shape index (κ3) is 13.7. The lowest BCUT2D eigenvalue weighted by Crippen LogP contribution is -2.60. The summed E-state index contributed by atoms with van der Waals surface area (Å²) in [5.41, 5.74) is 12.8. The highest BCUT2D eigenvalue weighted by atomic mass is 16.5. The summed E-state index contributed by atoms with van der Waals surface area (Å²) in [4.78, 5) is 90.2. The molecule has 0 bridgehead atoms. The van der Waals surface area contributed by atoms with Crippen molar-refractivity contribution in [2.24, 2.45) is 17.6 Å². The molecular formula is C40H51N7O10. The summed E-state index contributed by atoms with van der Waals surface area (Å²) >= 11 is 0. The van der Waals surface area contributed by atoms with Crippen LogP contribution in [0.3, 0.4) is 0 Å². The number of aliphatic hydroxyl groups excluding tert-OH is 1. The molecule has 57 heavy (non-hydrogen) atoms. The number of esters is 1.